The van der Waals surface area contributed by atoms with Crippen LogP contribution in [0, 0.1) is 5.92 Å². The van der Waals surface area contributed by atoms with Crippen LogP contribution in [0.3, 0.4) is 0 Å². The molecule has 0 saturated carbocycles. The van der Waals surface area contributed by atoms with Gasteiger partial charge in [-0.3, -0.25) is 14.0 Å². The van der Waals surface area contributed by atoms with Crippen LogP contribution in [0.15, 0.2) is 24.7 Å². The Balaban J connectivity index is 2.20. The molecule has 0 aromatic carbocycles. The lowest BCUT2D eigenvalue weighted by molar-refractivity contribution is -0.137. The third-order valence-corrected chi connectivity index (χ3v) is 3.01. The third-order valence-electron chi connectivity index (χ3n) is 3.01. The fourth-order valence-electron chi connectivity index (χ4n) is 2.08. The molecule has 21 heavy (non-hydrogen) atoms. The smallest absolute Gasteiger partial charge is 0.305 e. The number of aliphatic carboxylic acids is 1. The number of hydrogen-bond donors (Lipinski definition) is 1. The Kier molecular flexibility index (Phi) is 4.52. The standard InChI is InChI=1S/C14H18N4O3/c1-10(2)7-17(6-5-13(19)20)14(21)11-3-4-12-16-15-9-18(12)8-11/h3-4,8-10H,5-7H2,1-2H3,(H,19,20). The second kappa shape index (κ2) is 6.34. The second-order valence-corrected chi connectivity index (χ2v) is 5.30. The number of pyridine rings is 1. The molecule has 0 aliphatic carbocycles. The van der Waals surface area contributed by atoms with E-state index in [2.05, 4.69) is 10.2 Å². The van der Waals surface area contributed by atoms with Crippen LogP contribution in [-0.4, -0.2) is 49.6 Å². The maximum absolute atomic E-state index is 12.5. The molecule has 2 heterocycles. The minimum Gasteiger partial charge on any atom is -0.481 e. The number of nitrogens with zero attached hydrogens (tertiary/aromatic N) is 4. The van der Waals surface area contributed by atoms with Crippen molar-refractivity contribution in [2.24, 2.45) is 5.92 Å². The Morgan fingerprint density at radius 3 is 2.81 bits per heavy atom. The monoisotopic (exact) mass is 290 g/mol. The molecule has 0 bridgehead atoms. The summed E-state index contributed by atoms with van der Waals surface area (Å²) in [7, 11) is 0. The molecule has 1 amide bonds. The minimum absolute atomic E-state index is 0.0622. The molecule has 2 rings (SSSR count). The van der Waals surface area contributed by atoms with Crippen molar-refractivity contribution in [2.75, 3.05) is 13.1 Å². The fraction of sp³-hybridized carbons (Fsp3) is 0.429. The van der Waals surface area contributed by atoms with E-state index < -0.39 is 5.97 Å². The van der Waals surface area contributed by atoms with Gasteiger partial charge < -0.3 is 10.0 Å². The number of hydrogen-bond acceptors (Lipinski definition) is 4. The summed E-state index contributed by atoms with van der Waals surface area (Å²) >= 11 is 0. The Morgan fingerprint density at radius 2 is 2.14 bits per heavy atom. The van der Waals surface area contributed by atoms with Crippen molar-refractivity contribution in [1.82, 2.24) is 19.5 Å². The molecule has 0 saturated heterocycles. The van der Waals surface area contributed by atoms with E-state index in [0.717, 1.165) is 0 Å². The minimum atomic E-state index is -0.911. The molecule has 0 atom stereocenters. The first-order chi connectivity index (χ1) is 9.97. The summed E-state index contributed by atoms with van der Waals surface area (Å²) in [6, 6.07) is 3.39. The molecule has 7 heteroatoms. The van der Waals surface area contributed by atoms with Gasteiger partial charge in [0.15, 0.2) is 5.65 Å². The van der Waals surface area contributed by atoms with Gasteiger partial charge in [-0.15, -0.1) is 10.2 Å². The average Bonchev–Trinajstić information content (AvgIpc) is 2.89. The number of carboxylic acids is 1. The van der Waals surface area contributed by atoms with E-state index in [1.165, 1.54) is 6.33 Å². The van der Waals surface area contributed by atoms with Crippen LogP contribution in [0.5, 0.6) is 0 Å². The number of rotatable bonds is 6. The summed E-state index contributed by atoms with van der Waals surface area (Å²) in [5.41, 5.74) is 1.15. The first-order valence-electron chi connectivity index (χ1n) is 6.78. The molecule has 1 N–H and O–H groups in total. The molecule has 0 spiro atoms. The van der Waals surface area contributed by atoms with E-state index in [9.17, 15) is 9.59 Å². The van der Waals surface area contributed by atoms with E-state index in [-0.39, 0.29) is 24.8 Å². The SMILES string of the molecule is CC(C)CN(CCC(=O)O)C(=O)c1ccc2nncn2c1. The number of carbonyl (C=O) groups excluding carboxylic acids is 1. The van der Waals surface area contributed by atoms with Gasteiger partial charge in [0.25, 0.3) is 5.91 Å². The van der Waals surface area contributed by atoms with Crippen molar-refractivity contribution in [3.8, 4) is 0 Å². The van der Waals surface area contributed by atoms with Crippen molar-refractivity contribution in [2.45, 2.75) is 20.3 Å². The topological polar surface area (TPSA) is 87.8 Å². The van der Waals surface area contributed by atoms with Gasteiger partial charge in [0.1, 0.15) is 6.33 Å². The molecule has 2 aromatic heterocycles. The predicted molar refractivity (Wildman–Crippen MR) is 76.0 cm³/mol. The van der Waals surface area contributed by atoms with E-state index >= 15 is 0 Å². The second-order valence-electron chi connectivity index (χ2n) is 5.30. The van der Waals surface area contributed by atoms with Crippen molar-refractivity contribution >= 4 is 17.5 Å². The number of aromatic nitrogens is 3. The van der Waals surface area contributed by atoms with Gasteiger partial charge in [0.05, 0.1) is 12.0 Å². The summed E-state index contributed by atoms with van der Waals surface area (Å²) in [5.74, 6) is -0.826. The number of amides is 1. The molecule has 2 aromatic rings. The van der Waals surface area contributed by atoms with Crippen LogP contribution in [0.25, 0.3) is 5.65 Å². The van der Waals surface area contributed by atoms with E-state index in [0.29, 0.717) is 17.8 Å². The maximum atomic E-state index is 12.5. The summed E-state index contributed by atoms with van der Waals surface area (Å²) in [5, 5.41) is 16.5. The molecule has 0 fully saturated rings. The Morgan fingerprint density at radius 1 is 1.38 bits per heavy atom. The molecule has 0 aliphatic heterocycles. The highest BCUT2D eigenvalue weighted by atomic mass is 16.4. The van der Waals surface area contributed by atoms with Crippen LogP contribution in [0.2, 0.25) is 0 Å². The van der Waals surface area contributed by atoms with Crippen molar-refractivity contribution < 1.29 is 14.7 Å². The quantitative estimate of drug-likeness (QED) is 0.866. The Hall–Kier alpha value is -2.44. The van der Waals surface area contributed by atoms with Crippen LogP contribution >= 0.6 is 0 Å². The lowest BCUT2D eigenvalue weighted by atomic mass is 10.1. The summed E-state index contributed by atoms with van der Waals surface area (Å²) in [6.07, 6.45) is 3.12. The van der Waals surface area contributed by atoms with Crippen LogP contribution in [0.1, 0.15) is 30.6 Å². The number of carbonyl (C=O) groups is 2. The molecular weight excluding hydrogens is 272 g/mol. The van der Waals surface area contributed by atoms with Gasteiger partial charge in [0, 0.05) is 19.3 Å². The highest BCUT2D eigenvalue weighted by molar-refractivity contribution is 5.94. The zero-order valence-electron chi connectivity index (χ0n) is 12.1. The van der Waals surface area contributed by atoms with E-state index in [4.69, 9.17) is 5.11 Å². The zero-order valence-corrected chi connectivity index (χ0v) is 12.1. The van der Waals surface area contributed by atoms with Gasteiger partial charge in [-0.1, -0.05) is 13.8 Å². The largest absolute Gasteiger partial charge is 0.481 e. The van der Waals surface area contributed by atoms with Crippen molar-refractivity contribution in [3.05, 3.63) is 30.2 Å². The van der Waals surface area contributed by atoms with Crippen LogP contribution < -0.4 is 0 Å². The molecule has 0 radical (unpaired) electrons. The lowest BCUT2D eigenvalue weighted by Crippen LogP contribution is -2.36. The zero-order chi connectivity index (χ0) is 15.4. The van der Waals surface area contributed by atoms with Gasteiger partial charge >= 0.3 is 5.97 Å². The first kappa shape index (κ1) is 15.0. The van der Waals surface area contributed by atoms with E-state index in [1.54, 1.807) is 27.6 Å². The summed E-state index contributed by atoms with van der Waals surface area (Å²) in [6.45, 7) is 4.70. The molecule has 0 unspecified atom stereocenters. The molecule has 7 nitrogen and oxygen atoms in total. The van der Waals surface area contributed by atoms with Gasteiger partial charge in [-0.25, -0.2) is 0 Å². The first-order valence-corrected chi connectivity index (χ1v) is 6.78. The van der Waals surface area contributed by atoms with Crippen molar-refractivity contribution in [3.63, 3.8) is 0 Å². The predicted octanol–water partition coefficient (Wildman–Crippen LogP) is 1.30. The average molecular weight is 290 g/mol. The normalized spacial score (nSPS) is 11.0. The summed E-state index contributed by atoms with van der Waals surface area (Å²) in [4.78, 5) is 24.8. The maximum Gasteiger partial charge on any atom is 0.305 e. The highest BCUT2D eigenvalue weighted by Crippen LogP contribution is 2.10. The van der Waals surface area contributed by atoms with Gasteiger partial charge in [0.2, 0.25) is 0 Å². The van der Waals surface area contributed by atoms with Crippen molar-refractivity contribution in [1.29, 1.82) is 0 Å². The fourth-order valence-corrected chi connectivity index (χ4v) is 2.08. The third kappa shape index (κ3) is 3.77. The summed E-state index contributed by atoms with van der Waals surface area (Å²) < 4.78 is 1.66. The van der Waals surface area contributed by atoms with Gasteiger partial charge in [-0.05, 0) is 18.1 Å². The van der Waals surface area contributed by atoms with Gasteiger partial charge in [-0.2, -0.15) is 0 Å². The number of fused-ring (bicyclic) bond motifs is 1. The lowest BCUT2D eigenvalue weighted by Gasteiger charge is -2.24. The molecular formula is C14H18N4O3. The van der Waals surface area contributed by atoms with Crippen LogP contribution in [-0.2, 0) is 4.79 Å². The Labute approximate surface area is 122 Å². The Bertz CT molecular complexity index is 650. The molecule has 112 valence electrons. The number of carboxylic acid groups (broad SMARTS) is 1. The van der Waals surface area contributed by atoms with E-state index in [1.807, 2.05) is 13.8 Å². The molecule has 0 aliphatic rings. The van der Waals surface area contributed by atoms with Crippen LogP contribution in [0.4, 0.5) is 0 Å². The highest BCUT2D eigenvalue weighted by Gasteiger charge is 2.18.